The van der Waals surface area contributed by atoms with E-state index in [0.717, 1.165) is 24.5 Å². The molecular formula is C25H23F3N4O2. The number of unbranched alkanes of at least 4 members (excludes halogenated alkanes) is 1. The van der Waals surface area contributed by atoms with Crippen LogP contribution in [0.15, 0.2) is 59.7 Å². The number of nitrogens with one attached hydrogen (secondary N) is 2. The number of benzene rings is 2. The van der Waals surface area contributed by atoms with Crippen molar-refractivity contribution in [3.05, 3.63) is 76.3 Å². The first-order valence-corrected chi connectivity index (χ1v) is 10.8. The zero-order valence-electron chi connectivity index (χ0n) is 18.7. The molecule has 34 heavy (non-hydrogen) atoms. The molecule has 0 spiro atoms. The SMILES string of the molecule is CCCCOc1ccc(-c2cc(-c3ccc(C)cc3)c(-c3ncn[nH]3)c(=O)[nH]2)c(C(F)(F)F)c1. The Hall–Kier alpha value is -3.88. The van der Waals surface area contributed by atoms with Gasteiger partial charge < -0.3 is 9.72 Å². The van der Waals surface area contributed by atoms with Gasteiger partial charge in [0.05, 0.1) is 17.7 Å². The standard InChI is InChI=1S/C25H23F3N4O2/c1-3-4-11-34-17-9-10-18(20(12-17)25(26,27)28)21-13-19(16-7-5-15(2)6-8-16)22(24(33)31-21)23-29-14-30-32-23/h5-10,12-14H,3-4,11H2,1-2H3,(H,31,33)(H,29,30,32). The molecule has 0 radical (unpaired) electrons. The van der Waals surface area contributed by atoms with E-state index in [9.17, 15) is 18.0 Å². The second-order valence-electron chi connectivity index (χ2n) is 7.91. The first kappa shape index (κ1) is 23.3. The van der Waals surface area contributed by atoms with E-state index in [1.807, 2.05) is 38.1 Å². The van der Waals surface area contributed by atoms with Gasteiger partial charge in [-0.05, 0) is 43.2 Å². The van der Waals surface area contributed by atoms with Crippen LogP contribution in [0.4, 0.5) is 13.2 Å². The predicted octanol–water partition coefficient (Wildman–Crippen LogP) is 6.00. The molecule has 0 aliphatic heterocycles. The summed E-state index contributed by atoms with van der Waals surface area (Å²) in [5, 5.41) is 6.47. The highest BCUT2D eigenvalue weighted by Gasteiger charge is 2.35. The summed E-state index contributed by atoms with van der Waals surface area (Å²) in [4.78, 5) is 19.8. The number of aromatic amines is 2. The number of ether oxygens (including phenoxy) is 1. The molecule has 4 rings (SSSR count). The van der Waals surface area contributed by atoms with Crippen LogP contribution in [-0.4, -0.2) is 26.8 Å². The van der Waals surface area contributed by atoms with Crippen LogP contribution >= 0.6 is 0 Å². The molecule has 4 aromatic rings. The van der Waals surface area contributed by atoms with Crippen molar-refractivity contribution in [2.45, 2.75) is 32.9 Å². The number of hydrogen-bond donors (Lipinski definition) is 2. The lowest BCUT2D eigenvalue weighted by Crippen LogP contribution is -2.15. The van der Waals surface area contributed by atoms with E-state index >= 15 is 0 Å². The lowest BCUT2D eigenvalue weighted by atomic mass is 9.95. The third-order valence-electron chi connectivity index (χ3n) is 5.40. The fraction of sp³-hybridized carbons (Fsp3) is 0.240. The van der Waals surface area contributed by atoms with Crippen molar-refractivity contribution in [3.8, 4) is 39.5 Å². The Balaban J connectivity index is 1.90. The quantitative estimate of drug-likeness (QED) is 0.326. The summed E-state index contributed by atoms with van der Waals surface area (Å²) in [6.07, 6.45) is -1.78. The average molecular weight is 468 g/mol. The second-order valence-corrected chi connectivity index (χ2v) is 7.91. The van der Waals surface area contributed by atoms with E-state index in [4.69, 9.17) is 4.74 Å². The third-order valence-corrected chi connectivity index (χ3v) is 5.40. The van der Waals surface area contributed by atoms with Gasteiger partial charge in [0, 0.05) is 16.8 Å². The van der Waals surface area contributed by atoms with Crippen molar-refractivity contribution in [1.82, 2.24) is 20.2 Å². The lowest BCUT2D eigenvalue weighted by Gasteiger charge is -2.17. The molecule has 2 N–H and O–H groups in total. The van der Waals surface area contributed by atoms with E-state index in [1.165, 1.54) is 24.5 Å². The van der Waals surface area contributed by atoms with Crippen molar-refractivity contribution in [2.75, 3.05) is 6.61 Å². The van der Waals surface area contributed by atoms with Crippen LogP contribution in [-0.2, 0) is 6.18 Å². The van der Waals surface area contributed by atoms with Gasteiger partial charge >= 0.3 is 6.18 Å². The first-order chi connectivity index (χ1) is 16.3. The minimum atomic E-state index is -4.65. The molecule has 0 fully saturated rings. The van der Waals surface area contributed by atoms with Gasteiger partial charge in [0.15, 0.2) is 5.82 Å². The summed E-state index contributed by atoms with van der Waals surface area (Å²) in [6, 6.07) is 12.7. The number of nitrogens with zero attached hydrogens (tertiary/aromatic N) is 2. The maximum absolute atomic E-state index is 14.0. The molecule has 0 bridgehead atoms. The largest absolute Gasteiger partial charge is 0.494 e. The summed E-state index contributed by atoms with van der Waals surface area (Å²) in [5.41, 5.74) is 0.720. The van der Waals surface area contributed by atoms with Crippen LogP contribution in [0.2, 0.25) is 0 Å². The zero-order valence-corrected chi connectivity index (χ0v) is 18.7. The minimum Gasteiger partial charge on any atom is -0.494 e. The number of pyridine rings is 1. The average Bonchev–Trinajstić information content (AvgIpc) is 3.33. The fourth-order valence-corrected chi connectivity index (χ4v) is 3.64. The number of rotatable bonds is 7. The summed E-state index contributed by atoms with van der Waals surface area (Å²) >= 11 is 0. The van der Waals surface area contributed by atoms with Crippen LogP contribution in [0, 0.1) is 6.92 Å². The molecule has 2 aromatic carbocycles. The topological polar surface area (TPSA) is 83.7 Å². The molecule has 0 amide bonds. The van der Waals surface area contributed by atoms with Crippen LogP contribution in [0.25, 0.3) is 33.8 Å². The molecule has 2 aromatic heterocycles. The maximum atomic E-state index is 14.0. The minimum absolute atomic E-state index is 0.0382. The van der Waals surface area contributed by atoms with Crippen molar-refractivity contribution >= 4 is 0 Å². The van der Waals surface area contributed by atoms with Gasteiger partial charge in [0.2, 0.25) is 0 Å². The second kappa shape index (κ2) is 9.54. The van der Waals surface area contributed by atoms with Gasteiger partial charge in [-0.15, -0.1) is 0 Å². The molecule has 2 heterocycles. The molecule has 0 aliphatic carbocycles. The van der Waals surface area contributed by atoms with Gasteiger partial charge in [0.1, 0.15) is 12.1 Å². The van der Waals surface area contributed by atoms with Gasteiger partial charge in [-0.25, -0.2) is 4.98 Å². The monoisotopic (exact) mass is 468 g/mol. The number of H-pyrrole nitrogens is 2. The third kappa shape index (κ3) is 4.88. The van der Waals surface area contributed by atoms with Crippen LogP contribution in [0.1, 0.15) is 30.9 Å². The molecule has 0 unspecified atom stereocenters. The number of hydrogen-bond acceptors (Lipinski definition) is 4. The lowest BCUT2D eigenvalue weighted by molar-refractivity contribution is -0.137. The van der Waals surface area contributed by atoms with Gasteiger partial charge in [0.25, 0.3) is 5.56 Å². The van der Waals surface area contributed by atoms with Gasteiger partial charge in [-0.1, -0.05) is 43.2 Å². The van der Waals surface area contributed by atoms with E-state index in [-0.39, 0.29) is 28.4 Å². The Morgan fingerprint density at radius 2 is 1.79 bits per heavy atom. The molecule has 0 saturated heterocycles. The van der Waals surface area contributed by atoms with Crippen LogP contribution in [0.5, 0.6) is 5.75 Å². The molecule has 0 aliphatic rings. The van der Waals surface area contributed by atoms with E-state index in [1.54, 1.807) is 0 Å². The summed E-state index contributed by atoms with van der Waals surface area (Å²) in [5.74, 6) is 0.350. The van der Waals surface area contributed by atoms with Gasteiger partial charge in [-0.2, -0.15) is 18.3 Å². The highest BCUT2D eigenvalue weighted by molar-refractivity contribution is 5.83. The first-order valence-electron chi connectivity index (χ1n) is 10.8. The molecule has 176 valence electrons. The smallest absolute Gasteiger partial charge is 0.417 e. The normalized spacial score (nSPS) is 11.6. The highest BCUT2D eigenvalue weighted by Crippen LogP contribution is 2.40. The van der Waals surface area contributed by atoms with E-state index in [2.05, 4.69) is 20.2 Å². The Morgan fingerprint density at radius 3 is 2.44 bits per heavy atom. The maximum Gasteiger partial charge on any atom is 0.417 e. The molecular weight excluding hydrogens is 445 g/mol. The van der Waals surface area contributed by atoms with Crippen molar-refractivity contribution in [2.24, 2.45) is 0 Å². The molecule has 0 saturated carbocycles. The number of alkyl halides is 3. The van der Waals surface area contributed by atoms with Crippen molar-refractivity contribution in [1.29, 1.82) is 0 Å². The highest BCUT2D eigenvalue weighted by atomic mass is 19.4. The summed E-state index contributed by atoms with van der Waals surface area (Å²) in [7, 11) is 0. The summed E-state index contributed by atoms with van der Waals surface area (Å²) < 4.78 is 47.5. The Morgan fingerprint density at radius 1 is 1.03 bits per heavy atom. The number of aromatic nitrogens is 4. The molecule has 9 heteroatoms. The van der Waals surface area contributed by atoms with E-state index in [0.29, 0.717) is 17.7 Å². The predicted molar refractivity (Wildman–Crippen MR) is 123 cm³/mol. The summed E-state index contributed by atoms with van der Waals surface area (Å²) in [6.45, 7) is 4.22. The Labute approximate surface area is 193 Å². The van der Waals surface area contributed by atoms with Gasteiger partial charge in [-0.3, -0.25) is 9.89 Å². The van der Waals surface area contributed by atoms with E-state index < -0.39 is 17.3 Å². The number of halogens is 3. The Kier molecular flexibility index (Phi) is 6.54. The van der Waals surface area contributed by atoms with Crippen molar-refractivity contribution < 1.29 is 17.9 Å². The fourth-order valence-electron chi connectivity index (χ4n) is 3.64. The molecule has 0 atom stereocenters. The van der Waals surface area contributed by atoms with Crippen LogP contribution < -0.4 is 10.3 Å². The zero-order chi connectivity index (χ0) is 24.3. The van der Waals surface area contributed by atoms with Crippen LogP contribution in [0.3, 0.4) is 0 Å². The molecule has 6 nitrogen and oxygen atoms in total. The van der Waals surface area contributed by atoms with Crippen molar-refractivity contribution in [3.63, 3.8) is 0 Å². The number of aryl methyl sites for hydroxylation is 1. The Bertz CT molecular complexity index is 1330.